The predicted molar refractivity (Wildman–Crippen MR) is 140 cm³/mol. The second kappa shape index (κ2) is 9.50. The number of hydrogen-bond acceptors (Lipinski definition) is 3. The summed E-state index contributed by atoms with van der Waals surface area (Å²) in [7, 11) is 0. The first-order chi connectivity index (χ1) is 17.5. The van der Waals surface area contributed by atoms with Crippen molar-refractivity contribution in [1.82, 2.24) is 14.8 Å². The molecule has 36 heavy (non-hydrogen) atoms. The SMILES string of the molecule is Cc1cc(=O)c(C(=O)NC[C@H]2C[C@H]3C=C[C@@H]2C32CC2)c(CC2CCCC2)n1CCCN1CCCC1=O. The van der Waals surface area contributed by atoms with Gasteiger partial charge in [0.05, 0.1) is 0 Å². The monoisotopic (exact) mass is 491 g/mol. The van der Waals surface area contributed by atoms with E-state index in [4.69, 9.17) is 0 Å². The minimum Gasteiger partial charge on any atom is -0.352 e. The van der Waals surface area contributed by atoms with Gasteiger partial charge in [-0.2, -0.15) is 0 Å². The molecule has 0 radical (unpaired) electrons. The Morgan fingerprint density at radius 3 is 2.61 bits per heavy atom. The number of aromatic nitrogens is 1. The summed E-state index contributed by atoms with van der Waals surface area (Å²) < 4.78 is 2.22. The first-order valence-corrected chi connectivity index (χ1v) is 14.4. The Bertz CT molecular complexity index is 1120. The summed E-state index contributed by atoms with van der Waals surface area (Å²) in [6.07, 6.45) is 16.7. The lowest BCUT2D eigenvalue weighted by atomic mass is 9.89. The highest BCUT2D eigenvalue weighted by molar-refractivity contribution is 5.95. The summed E-state index contributed by atoms with van der Waals surface area (Å²) in [5, 5.41) is 3.21. The van der Waals surface area contributed by atoms with E-state index < -0.39 is 0 Å². The maximum absolute atomic E-state index is 13.6. The van der Waals surface area contributed by atoms with Gasteiger partial charge in [0.15, 0.2) is 5.43 Å². The molecule has 3 saturated carbocycles. The Hall–Kier alpha value is -2.37. The summed E-state index contributed by atoms with van der Waals surface area (Å²) in [4.78, 5) is 40.9. The van der Waals surface area contributed by atoms with Gasteiger partial charge in [0.25, 0.3) is 5.91 Å². The van der Waals surface area contributed by atoms with Gasteiger partial charge in [0.2, 0.25) is 5.91 Å². The second-order valence-electron chi connectivity index (χ2n) is 12.3. The first kappa shape index (κ1) is 24.0. The van der Waals surface area contributed by atoms with Crippen molar-refractivity contribution in [3.8, 4) is 0 Å². The highest BCUT2D eigenvalue weighted by Gasteiger charge is 2.62. The molecule has 4 fully saturated rings. The number of amides is 2. The van der Waals surface area contributed by atoms with Crippen LogP contribution in [0.25, 0.3) is 0 Å². The fraction of sp³-hybridized carbons (Fsp3) is 0.700. The number of nitrogens with one attached hydrogen (secondary N) is 1. The lowest BCUT2D eigenvalue weighted by Gasteiger charge is -2.24. The quantitative estimate of drug-likeness (QED) is 0.526. The van der Waals surface area contributed by atoms with Crippen LogP contribution < -0.4 is 10.7 Å². The maximum atomic E-state index is 13.6. The minimum atomic E-state index is -0.187. The fourth-order valence-corrected chi connectivity index (χ4v) is 8.11. The summed E-state index contributed by atoms with van der Waals surface area (Å²) >= 11 is 0. The van der Waals surface area contributed by atoms with Crippen molar-refractivity contribution in [1.29, 1.82) is 0 Å². The summed E-state index contributed by atoms with van der Waals surface area (Å²) in [6.45, 7) is 4.98. The van der Waals surface area contributed by atoms with E-state index in [2.05, 4.69) is 22.0 Å². The Kier molecular flexibility index (Phi) is 6.33. The molecule has 1 aromatic rings. The van der Waals surface area contributed by atoms with Gasteiger partial charge < -0.3 is 14.8 Å². The minimum absolute atomic E-state index is 0.143. The zero-order valence-electron chi connectivity index (χ0n) is 21.8. The molecule has 0 aromatic carbocycles. The van der Waals surface area contributed by atoms with Crippen LogP contribution in [-0.2, 0) is 17.8 Å². The van der Waals surface area contributed by atoms with E-state index in [0.717, 1.165) is 50.3 Å². The van der Waals surface area contributed by atoms with E-state index >= 15 is 0 Å². The number of likely N-dealkylation sites (tertiary alicyclic amines) is 1. The molecule has 1 aromatic heterocycles. The molecule has 1 aliphatic heterocycles. The van der Waals surface area contributed by atoms with Crippen LogP contribution in [0.1, 0.15) is 86.0 Å². The molecule has 2 amide bonds. The molecule has 4 aliphatic carbocycles. The molecule has 5 aliphatic rings. The zero-order valence-corrected chi connectivity index (χ0v) is 21.8. The van der Waals surface area contributed by atoms with E-state index in [9.17, 15) is 14.4 Å². The summed E-state index contributed by atoms with van der Waals surface area (Å²) in [6, 6.07) is 1.65. The van der Waals surface area contributed by atoms with Crippen LogP contribution >= 0.6 is 0 Å². The zero-order chi connectivity index (χ0) is 24.9. The Labute approximate surface area is 214 Å². The van der Waals surface area contributed by atoms with Crippen molar-refractivity contribution in [2.45, 2.75) is 84.1 Å². The Morgan fingerprint density at radius 1 is 1.11 bits per heavy atom. The maximum Gasteiger partial charge on any atom is 0.257 e. The summed E-state index contributed by atoms with van der Waals surface area (Å²) in [5.74, 6) is 2.39. The molecular weight excluding hydrogens is 450 g/mol. The molecule has 1 saturated heterocycles. The molecule has 6 rings (SSSR count). The van der Waals surface area contributed by atoms with Crippen LogP contribution in [0, 0.1) is 36.0 Å². The third-order valence-electron chi connectivity index (χ3n) is 10.2. The van der Waals surface area contributed by atoms with Gasteiger partial charge in [0.1, 0.15) is 5.56 Å². The average molecular weight is 492 g/mol. The number of allylic oxidation sites excluding steroid dienone is 2. The smallest absolute Gasteiger partial charge is 0.257 e. The number of nitrogens with zero attached hydrogens (tertiary/aromatic N) is 2. The molecule has 0 unspecified atom stereocenters. The Balaban J connectivity index is 1.21. The standard InChI is InChI=1S/C30H41N3O3/c1-20-16-26(34)28(29(36)31-19-22-18-23-9-10-24(22)30(23)11-12-30)25(17-21-6-2-3-7-21)33(20)15-5-14-32-13-4-8-27(32)35/h9-10,16,21-24H,2-8,11-15,17-19H2,1H3,(H,31,36)/t22-,23-,24+/m1/s1. The fourth-order valence-electron chi connectivity index (χ4n) is 8.11. The normalized spacial score (nSPS) is 28.1. The van der Waals surface area contributed by atoms with E-state index in [0.29, 0.717) is 47.6 Å². The molecular formula is C30H41N3O3. The molecule has 3 atom stereocenters. The highest BCUT2D eigenvalue weighted by Crippen LogP contribution is 2.69. The lowest BCUT2D eigenvalue weighted by Crippen LogP contribution is -2.37. The third-order valence-corrected chi connectivity index (χ3v) is 10.2. The van der Waals surface area contributed by atoms with Crippen LogP contribution in [-0.4, -0.2) is 40.9 Å². The first-order valence-electron chi connectivity index (χ1n) is 14.4. The van der Waals surface area contributed by atoms with E-state index in [1.54, 1.807) is 6.07 Å². The second-order valence-corrected chi connectivity index (χ2v) is 12.3. The van der Waals surface area contributed by atoms with Crippen LogP contribution in [0.15, 0.2) is 23.0 Å². The highest BCUT2D eigenvalue weighted by atomic mass is 16.2. The molecule has 1 spiro atoms. The molecule has 6 heteroatoms. The molecule has 2 bridgehead atoms. The third kappa shape index (κ3) is 4.24. The van der Waals surface area contributed by atoms with Crippen molar-refractivity contribution in [3.05, 3.63) is 45.4 Å². The van der Waals surface area contributed by atoms with E-state index in [1.807, 2.05) is 11.8 Å². The van der Waals surface area contributed by atoms with Crippen LogP contribution in [0.4, 0.5) is 0 Å². The van der Waals surface area contributed by atoms with E-state index in [-0.39, 0.29) is 17.2 Å². The van der Waals surface area contributed by atoms with Gasteiger partial charge in [-0.25, -0.2) is 0 Å². The topological polar surface area (TPSA) is 71.4 Å². The van der Waals surface area contributed by atoms with Crippen LogP contribution in [0.2, 0.25) is 0 Å². The molecule has 194 valence electrons. The van der Waals surface area contributed by atoms with E-state index in [1.165, 1.54) is 44.9 Å². The van der Waals surface area contributed by atoms with Crippen molar-refractivity contribution in [3.63, 3.8) is 0 Å². The van der Waals surface area contributed by atoms with Crippen LogP contribution in [0.5, 0.6) is 0 Å². The van der Waals surface area contributed by atoms with Crippen molar-refractivity contribution in [2.75, 3.05) is 19.6 Å². The Morgan fingerprint density at radius 2 is 1.92 bits per heavy atom. The van der Waals surface area contributed by atoms with Gasteiger partial charge in [0, 0.05) is 50.1 Å². The van der Waals surface area contributed by atoms with Crippen molar-refractivity contribution in [2.24, 2.45) is 29.1 Å². The number of rotatable bonds is 9. The lowest BCUT2D eigenvalue weighted by molar-refractivity contribution is -0.127. The number of carbonyl (C=O) groups excluding carboxylic acids is 2. The van der Waals surface area contributed by atoms with Gasteiger partial charge in [-0.15, -0.1) is 0 Å². The predicted octanol–water partition coefficient (Wildman–Crippen LogP) is 4.23. The number of carbonyl (C=O) groups is 2. The number of aryl methyl sites for hydroxylation is 1. The van der Waals surface area contributed by atoms with Crippen molar-refractivity contribution < 1.29 is 9.59 Å². The molecule has 1 N–H and O–H groups in total. The van der Waals surface area contributed by atoms with Gasteiger partial charge in [-0.1, -0.05) is 37.8 Å². The molecule has 6 nitrogen and oxygen atoms in total. The van der Waals surface area contributed by atoms with Gasteiger partial charge in [-0.05, 0) is 74.5 Å². The largest absolute Gasteiger partial charge is 0.352 e. The summed E-state index contributed by atoms with van der Waals surface area (Å²) in [5.41, 5.74) is 2.57. The number of hydrogen-bond donors (Lipinski definition) is 1. The van der Waals surface area contributed by atoms with Crippen LogP contribution in [0.3, 0.4) is 0 Å². The average Bonchev–Trinajstić information content (AvgIpc) is 3.12. The van der Waals surface area contributed by atoms with Crippen molar-refractivity contribution >= 4 is 11.8 Å². The molecule has 2 heterocycles. The number of pyridine rings is 1. The van der Waals surface area contributed by atoms with Gasteiger partial charge >= 0.3 is 0 Å². The van der Waals surface area contributed by atoms with Gasteiger partial charge in [-0.3, -0.25) is 14.4 Å².